The third-order valence-electron chi connectivity index (χ3n) is 4.11. The molecular weight excluding hydrogens is 124 g/mol. The highest BCUT2D eigenvalue weighted by atomic mass is 15.7. The van der Waals surface area contributed by atoms with E-state index < -0.39 is 0 Å². The first-order valence-corrected chi connectivity index (χ1v) is 4.44. The van der Waals surface area contributed by atoms with Crippen LogP contribution in [0.4, 0.5) is 0 Å². The van der Waals surface area contributed by atoms with Gasteiger partial charge in [0.05, 0.1) is 19.6 Å². The molecule has 0 aliphatic carbocycles. The minimum atomic E-state index is 0.717. The van der Waals surface area contributed by atoms with E-state index in [0.717, 1.165) is 5.66 Å². The standard InChI is InChI=1S/C8H15N2/c1-2-10-6-5-9-4-3-8(9,10)7-10/h2-7H2,1H3/q+1. The summed E-state index contributed by atoms with van der Waals surface area (Å²) in [6.45, 7) is 9.40. The predicted molar refractivity (Wildman–Crippen MR) is 39.5 cm³/mol. The zero-order valence-electron chi connectivity index (χ0n) is 6.64. The number of rotatable bonds is 1. The number of piperazine rings is 1. The van der Waals surface area contributed by atoms with Crippen molar-refractivity contribution in [3.63, 3.8) is 0 Å². The van der Waals surface area contributed by atoms with Gasteiger partial charge in [-0.1, -0.05) is 0 Å². The molecule has 0 aromatic heterocycles. The van der Waals surface area contributed by atoms with Crippen LogP contribution in [-0.4, -0.2) is 47.8 Å². The summed E-state index contributed by atoms with van der Waals surface area (Å²) in [4.78, 5) is 2.69. The topological polar surface area (TPSA) is 3.24 Å². The lowest BCUT2D eigenvalue weighted by Gasteiger charge is -2.33. The van der Waals surface area contributed by atoms with Crippen molar-refractivity contribution in [3.8, 4) is 0 Å². The Labute approximate surface area is 62.0 Å². The van der Waals surface area contributed by atoms with Gasteiger partial charge in [-0.3, -0.25) is 4.48 Å². The van der Waals surface area contributed by atoms with E-state index in [1.807, 2.05) is 0 Å². The van der Waals surface area contributed by atoms with Gasteiger partial charge in [-0.25, -0.2) is 4.90 Å². The Hall–Kier alpha value is -0.0800. The first-order chi connectivity index (χ1) is 4.83. The number of hydrogen-bond acceptors (Lipinski definition) is 1. The van der Waals surface area contributed by atoms with Crippen LogP contribution < -0.4 is 0 Å². The van der Waals surface area contributed by atoms with Gasteiger partial charge in [0.2, 0.25) is 5.66 Å². The lowest BCUT2D eigenvalue weighted by Crippen LogP contribution is -2.51. The fourth-order valence-electron chi connectivity index (χ4n) is 3.18. The largest absolute Gasteiger partial charge is 0.294 e. The third kappa shape index (κ3) is 0.330. The molecule has 3 aliphatic rings. The molecule has 0 saturated carbocycles. The quantitative estimate of drug-likeness (QED) is 0.372. The summed E-state index contributed by atoms with van der Waals surface area (Å²) in [5, 5.41) is 0. The van der Waals surface area contributed by atoms with Crippen molar-refractivity contribution in [1.82, 2.24) is 4.90 Å². The maximum Gasteiger partial charge on any atom is 0.207 e. The van der Waals surface area contributed by atoms with Crippen LogP contribution in [0.2, 0.25) is 0 Å². The third-order valence-corrected chi connectivity index (χ3v) is 4.11. The van der Waals surface area contributed by atoms with Crippen molar-refractivity contribution in [1.29, 1.82) is 0 Å². The highest BCUT2D eigenvalue weighted by Gasteiger charge is 2.79. The summed E-state index contributed by atoms with van der Waals surface area (Å²) in [5.41, 5.74) is 0.717. The van der Waals surface area contributed by atoms with Crippen LogP contribution in [-0.2, 0) is 0 Å². The predicted octanol–water partition coefficient (Wildman–Crippen LogP) is 0.252. The summed E-state index contributed by atoms with van der Waals surface area (Å²) < 4.78 is 1.45. The summed E-state index contributed by atoms with van der Waals surface area (Å²) in [6, 6.07) is 0. The van der Waals surface area contributed by atoms with E-state index in [2.05, 4.69) is 11.8 Å². The Balaban J connectivity index is 1.96. The second-order valence-electron chi connectivity index (χ2n) is 4.06. The van der Waals surface area contributed by atoms with Gasteiger partial charge in [0.1, 0.15) is 0 Å². The van der Waals surface area contributed by atoms with E-state index in [1.165, 1.54) is 43.6 Å². The number of hydrogen-bond donors (Lipinski definition) is 0. The lowest BCUT2D eigenvalue weighted by atomic mass is 10.1. The number of likely N-dealkylation sites (N-methyl/N-ethyl adjacent to an activating group) is 1. The molecule has 0 radical (unpaired) electrons. The Bertz CT molecular complexity index is 180. The SMILES string of the molecule is CC[N+]12CCN3CCC31C2. The van der Waals surface area contributed by atoms with Gasteiger partial charge in [0, 0.05) is 13.0 Å². The fraction of sp³-hybridized carbons (Fsp3) is 1.00. The average molecular weight is 139 g/mol. The zero-order valence-corrected chi connectivity index (χ0v) is 6.64. The van der Waals surface area contributed by atoms with E-state index >= 15 is 0 Å². The highest BCUT2D eigenvalue weighted by molar-refractivity contribution is 5.06. The van der Waals surface area contributed by atoms with Gasteiger partial charge in [-0.2, -0.15) is 0 Å². The molecule has 3 heterocycles. The van der Waals surface area contributed by atoms with Crippen molar-refractivity contribution in [2.24, 2.45) is 0 Å². The Kier molecular flexibility index (Phi) is 0.710. The molecule has 2 heteroatoms. The Morgan fingerprint density at radius 1 is 1.50 bits per heavy atom. The molecule has 10 heavy (non-hydrogen) atoms. The summed E-state index contributed by atoms with van der Waals surface area (Å²) in [5.74, 6) is 0. The molecule has 2 nitrogen and oxygen atoms in total. The first kappa shape index (κ1) is 5.56. The van der Waals surface area contributed by atoms with Crippen molar-refractivity contribution >= 4 is 0 Å². The molecule has 3 aliphatic heterocycles. The maximum atomic E-state index is 2.69. The molecule has 3 rings (SSSR count). The van der Waals surface area contributed by atoms with Crippen LogP contribution in [0.1, 0.15) is 13.3 Å². The monoisotopic (exact) mass is 139 g/mol. The minimum absolute atomic E-state index is 0.717. The lowest BCUT2D eigenvalue weighted by molar-refractivity contribution is -0.823. The van der Waals surface area contributed by atoms with Gasteiger partial charge in [0.25, 0.3) is 0 Å². The highest BCUT2D eigenvalue weighted by Crippen LogP contribution is 2.57. The van der Waals surface area contributed by atoms with Crippen molar-refractivity contribution < 1.29 is 4.48 Å². The van der Waals surface area contributed by atoms with E-state index in [4.69, 9.17) is 0 Å². The number of nitrogens with zero attached hydrogens (tertiary/aromatic N) is 2. The van der Waals surface area contributed by atoms with Crippen molar-refractivity contribution in [2.45, 2.75) is 19.0 Å². The molecule has 56 valence electrons. The molecule has 1 spiro atoms. The molecule has 2 atom stereocenters. The second-order valence-corrected chi connectivity index (χ2v) is 4.06. The molecule has 0 amide bonds. The molecule has 0 bridgehead atoms. The first-order valence-electron chi connectivity index (χ1n) is 4.44. The molecule has 0 aromatic rings. The van der Waals surface area contributed by atoms with E-state index in [-0.39, 0.29) is 0 Å². The van der Waals surface area contributed by atoms with E-state index in [9.17, 15) is 0 Å². The van der Waals surface area contributed by atoms with Crippen LogP contribution in [0.25, 0.3) is 0 Å². The summed E-state index contributed by atoms with van der Waals surface area (Å²) in [7, 11) is 0. The number of quaternary nitrogens is 1. The van der Waals surface area contributed by atoms with Gasteiger partial charge < -0.3 is 0 Å². The van der Waals surface area contributed by atoms with E-state index in [0.29, 0.717) is 0 Å². The smallest absolute Gasteiger partial charge is 0.207 e. The van der Waals surface area contributed by atoms with Crippen molar-refractivity contribution in [3.05, 3.63) is 0 Å². The van der Waals surface area contributed by atoms with E-state index in [1.54, 1.807) is 0 Å². The molecular formula is C8H15N2+. The molecule has 0 N–H and O–H groups in total. The summed E-state index contributed by atoms with van der Waals surface area (Å²) >= 11 is 0. The maximum absolute atomic E-state index is 2.69. The normalized spacial score (nSPS) is 57.3. The average Bonchev–Trinajstić information content (AvgIpc) is 2.55. The Morgan fingerprint density at radius 2 is 2.40 bits per heavy atom. The van der Waals surface area contributed by atoms with Crippen LogP contribution in [0.3, 0.4) is 0 Å². The molecule has 3 saturated heterocycles. The van der Waals surface area contributed by atoms with Crippen LogP contribution in [0, 0.1) is 0 Å². The minimum Gasteiger partial charge on any atom is -0.294 e. The molecule has 3 fully saturated rings. The van der Waals surface area contributed by atoms with Gasteiger partial charge in [-0.15, -0.1) is 0 Å². The van der Waals surface area contributed by atoms with Gasteiger partial charge >= 0.3 is 0 Å². The second kappa shape index (κ2) is 1.28. The molecule has 2 unspecified atom stereocenters. The molecule has 0 aromatic carbocycles. The fourth-order valence-corrected chi connectivity index (χ4v) is 3.18. The van der Waals surface area contributed by atoms with Gasteiger partial charge in [0.15, 0.2) is 6.54 Å². The zero-order chi connectivity index (χ0) is 6.82. The van der Waals surface area contributed by atoms with Crippen LogP contribution in [0.5, 0.6) is 0 Å². The van der Waals surface area contributed by atoms with Crippen molar-refractivity contribution in [2.75, 3.05) is 32.7 Å². The Morgan fingerprint density at radius 3 is 2.70 bits per heavy atom. The van der Waals surface area contributed by atoms with Crippen LogP contribution >= 0.6 is 0 Å². The van der Waals surface area contributed by atoms with Crippen LogP contribution in [0.15, 0.2) is 0 Å². The van der Waals surface area contributed by atoms with Gasteiger partial charge in [-0.05, 0) is 6.92 Å². The summed E-state index contributed by atoms with van der Waals surface area (Å²) in [6.07, 6.45) is 1.49.